The minimum absolute atomic E-state index is 0.0349. The van der Waals surface area contributed by atoms with Crippen molar-refractivity contribution in [2.45, 2.75) is 13.0 Å². The fourth-order valence-corrected chi connectivity index (χ4v) is 3.81. The van der Waals surface area contributed by atoms with Crippen LogP contribution in [-0.4, -0.2) is 29.0 Å². The van der Waals surface area contributed by atoms with Gasteiger partial charge in [-0.3, -0.25) is 4.79 Å². The smallest absolute Gasteiger partial charge is 0.323 e. The lowest BCUT2D eigenvalue weighted by Gasteiger charge is -2.25. The average Bonchev–Trinajstić information content (AvgIpc) is 2.94. The monoisotopic (exact) mass is 401 g/mol. The molecule has 2 heterocycles. The van der Waals surface area contributed by atoms with E-state index in [0.29, 0.717) is 23.3 Å². The van der Waals surface area contributed by atoms with Crippen molar-refractivity contribution in [1.82, 2.24) is 9.97 Å². The zero-order valence-corrected chi connectivity index (χ0v) is 15.1. The number of aromatic amines is 2. The number of amides is 1. The second-order valence-corrected chi connectivity index (χ2v) is 7.23. The summed E-state index contributed by atoms with van der Waals surface area (Å²) in [6.07, 6.45) is 0.999. The van der Waals surface area contributed by atoms with E-state index < -0.39 is 0 Å². The van der Waals surface area contributed by atoms with Gasteiger partial charge in [-0.05, 0) is 33.6 Å². The van der Waals surface area contributed by atoms with Crippen LogP contribution >= 0.6 is 15.9 Å². The van der Waals surface area contributed by atoms with Crippen LogP contribution in [0.1, 0.15) is 11.1 Å². The Morgan fingerprint density at radius 2 is 1.88 bits per heavy atom. The summed E-state index contributed by atoms with van der Waals surface area (Å²) in [7, 11) is 0. The standard InChI is InChI=1S/C18H17BrN4O2/c19-13-7-15-16(22-18(25)21-15)8-14(13)20-17(24)10-23-6-5-11-3-1-2-4-12(11)9-23/h1-4,7-8H,5-6,9-10H2,(H,20,24)(H2,21,22,25)/p+1. The fraction of sp³-hybridized carbons (Fsp3) is 0.222. The number of anilines is 1. The number of hydrogen-bond donors (Lipinski definition) is 4. The summed E-state index contributed by atoms with van der Waals surface area (Å²) in [5.41, 5.74) is 4.47. The molecule has 4 rings (SSSR count). The number of halogens is 1. The van der Waals surface area contributed by atoms with E-state index >= 15 is 0 Å². The molecule has 1 aliphatic rings. The van der Waals surface area contributed by atoms with Crippen molar-refractivity contribution >= 4 is 38.6 Å². The molecule has 1 amide bonds. The van der Waals surface area contributed by atoms with E-state index in [1.807, 2.05) is 6.07 Å². The van der Waals surface area contributed by atoms with Crippen molar-refractivity contribution in [2.75, 3.05) is 18.4 Å². The molecule has 0 fully saturated rings. The minimum Gasteiger partial charge on any atom is -0.323 e. The van der Waals surface area contributed by atoms with Crippen LogP contribution < -0.4 is 15.9 Å². The highest BCUT2D eigenvalue weighted by atomic mass is 79.9. The Labute approximate surface area is 152 Å². The van der Waals surface area contributed by atoms with E-state index in [-0.39, 0.29) is 11.6 Å². The number of aromatic nitrogens is 2. The van der Waals surface area contributed by atoms with E-state index in [1.165, 1.54) is 16.0 Å². The summed E-state index contributed by atoms with van der Waals surface area (Å²) in [6, 6.07) is 12.0. The molecule has 6 nitrogen and oxygen atoms in total. The molecular weight excluding hydrogens is 384 g/mol. The van der Waals surface area contributed by atoms with Gasteiger partial charge in [0.1, 0.15) is 6.54 Å². The van der Waals surface area contributed by atoms with Gasteiger partial charge in [0.2, 0.25) is 0 Å². The van der Waals surface area contributed by atoms with Gasteiger partial charge in [-0.15, -0.1) is 0 Å². The summed E-state index contributed by atoms with van der Waals surface area (Å²) < 4.78 is 0.739. The van der Waals surface area contributed by atoms with Crippen molar-refractivity contribution in [3.63, 3.8) is 0 Å². The second kappa shape index (κ2) is 6.50. The Kier molecular flexibility index (Phi) is 4.19. The molecule has 1 aromatic heterocycles. The summed E-state index contributed by atoms with van der Waals surface area (Å²) in [5.74, 6) is -0.0349. The number of carbonyl (C=O) groups excluding carboxylic acids is 1. The number of nitrogens with one attached hydrogen (secondary N) is 4. The normalized spacial score (nSPS) is 16.6. The molecule has 2 aromatic carbocycles. The summed E-state index contributed by atoms with van der Waals surface area (Å²) in [4.78, 5) is 30.5. The summed E-state index contributed by atoms with van der Waals surface area (Å²) in [5, 5.41) is 2.94. The summed E-state index contributed by atoms with van der Waals surface area (Å²) >= 11 is 3.44. The van der Waals surface area contributed by atoms with Crippen molar-refractivity contribution in [3.05, 3.63) is 62.5 Å². The van der Waals surface area contributed by atoms with Crippen LogP contribution in [0.25, 0.3) is 11.0 Å². The Morgan fingerprint density at radius 1 is 1.16 bits per heavy atom. The third-order valence-electron chi connectivity index (χ3n) is 4.59. The SMILES string of the molecule is O=C(C[NH+]1CCc2ccccc2C1)Nc1cc2[nH]c(=O)[nH]c2cc1Br. The molecule has 1 unspecified atom stereocenters. The number of carbonyl (C=O) groups is 1. The molecule has 128 valence electrons. The molecule has 25 heavy (non-hydrogen) atoms. The van der Waals surface area contributed by atoms with Crippen LogP contribution in [0.4, 0.5) is 5.69 Å². The Balaban J connectivity index is 1.46. The lowest BCUT2D eigenvalue weighted by Crippen LogP contribution is -3.12. The first-order valence-electron chi connectivity index (χ1n) is 8.20. The van der Waals surface area contributed by atoms with Crippen LogP contribution in [0.3, 0.4) is 0 Å². The number of H-pyrrole nitrogens is 2. The van der Waals surface area contributed by atoms with E-state index in [4.69, 9.17) is 0 Å². The highest BCUT2D eigenvalue weighted by Gasteiger charge is 2.21. The quantitative estimate of drug-likeness (QED) is 0.531. The number of imidazole rings is 1. The molecule has 7 heteroatoms. The average molecular weight is 402 g/mol. The molecular formula is C18H18BrN4O2+. The van der Waals surface area contributed by atoms with Gasteiger partial charge in [-0.1, -0.05) is 24.3 Å². The van der Waals surface area contributed by atoms with Crippen LogP contribution in [0.5, 0.6) is 0 Å². The maximum Gasteiger partial charge on any atom is 0.323 e. The van der Waals surface area contributed by atoms with Gasteiger partial charge < -0.3 is 20.2 Å². The number of quaternary nitrogens is 1. The maximum absolute atomic E-state index is 12.5. The molecule has 0 bridgehead atoms. The zero-order valence-electron chi connectivity index (χ0n) is 13.5. The molecule has 0 saturated carbocycles. The molecule has 1 atom stereocenters. The largest absolute Gasteiger partial charge is 0.323 e. The van der Waals surface area contributed by atoms with E-state index in [9.17, 15) is 9.59 Å². The Bertz CT molecular complexity index is 1010. The lowest BCUT2D eigenvalue weighted by atomic mass is 10.00. The predicted molar refractivity (Wildman–Crippen MR) is 99.8 cm³/mol. The summed E-state index contributed by atoms with van der Waals surface area (Å²) in [6.45, 7) is 2.24. The van der Waals surface area contributed by atoms with Crippen LogP contribution in [0, 0.1) is 0 Å². The Hall–Kier alpha value is -2.38. The number of hydrogen-bond acceptors (Lipinski definition) is 2. The number of fused-ring (bicyclic) bond motifs is 2. The number of benzene rings is 2. The lowest BCUT2D eigenvalue weighted by molar-refractivity contribution is -0.907. The van der Waals surface area contributed by atoms with Crippen LogP contribution in [0.15, 0.2) is 45.7 Å². The number of rotatable bonds is 3. The van der Waals surface area contributed by atoms with Gasteiger partial charge in [-0.2, -0.15) is 0 Å². The molecule has 0 aliphatic carbocycles. The molecule has 4 N–H and O–H groups in total. The van der Waals surface area contributed by atoms with Crippen molar-refractivity contribution in [1.29, 1.82) is 0 Å². The predicted octanol–water partition coefficient (Wildman–Crippen LogP) is 1.20. The molecule has 1 aliphatic heterocycles. The van der Waals surface area contributed by atoms with Gasteiger partial charge in [-0.25, -0.2) is 4.79 Å². The van der Waals surface area contributed by atoms with Gasteiger partial charge in [0.25, 0.3) is 5.91 Å². The zero-order chi connectivity index (χ0) is 17.4. The van der Waals surface area contributed by atoms with Crippen molar-refractivity contribution in [2.24, 2.45) is 0 Å². The third-order valence-corrected chi connectivity index (χ3v) is 5.25. The van der Waals surface area contributed by atoms with Gasteiger partial charge in [0, 0.05) is 16.5 Å². The molecule has 0 radical (unpaired) electrons. The molecule has 0 saturated heterocycles. The van der Waals surface area contributed by atoms with E-state index in [0.717, 1.165) is 24.0 Å². The molecule has 0 spiro atoms. The highest BCUT2D eigenvalue weighted by molar-refractivity contribution is 9.10. The van der Waals surface area contributed by atoms with Gasteiger partial charge in [0.05, 0.1) is 23.3 Å². The first-order valence-corrected chi connectivity index (χ1v) is 8.99. The fourth-order valence-electron chi connectivity index (χ4n) is 3.37. The van der Waals surface area contributed by atoms with E-state index in [2.05, 4.69) is 49.4 Å². The second-order valence-electron chi connectivity index (χ2n) is 6.38. The Morgan fingerprint density at radius 3 is 2.68 bits per heavy atom. The maximum atomic E-state index is 12.5. The van der Waals surface area contributed by atoms with Gasteiger partial charge >= 0.3 is 5.69 Å². The van der Waals surface area contributed by atoms with Crippen LogP contribution in [0.2, 0.25) is 0 Å². The van der Waals surface area contributed by atoms with Crippen molar-refractivity contribution < 1.29 is 9.69 Å². The van der Waals surface area contributed by atoms with Gasteiger partial charge in [0.15, 0.2) is 6.54 Å². The van der Waals surface area contributed by atoms with Crippen LogP contribution in [-0.2, 0) is 17.8 Å². The third kappa shape index (κ3) is 3.38. The first kappa shape index (κ1) is 16.1. The van der Waals surface area contributed by atoms with Crippen molar-refractivity contribution in [3.8, 4) is 0 Å². The first-order chi connectivity index (χ1) is 12.1. The minimum atomic E-state index is -0.262. The highest BCUT2D eigenvalue weighted by Crippen LogP contribution is 2.26. The topological polar surface area (TPSA) is 82.2 Å². The van der Waals surface area contributed by atoms with E-state index in [1.54, 1.807) is 12.1 Å². The molecule has 3 aromatic rings.